The average molecular weight is 305 g/mol. The number of hydrogen-bond donors (Lipinski definition) is 1. The number of benzene rings is 2. The summed E-state index contributed by atoms with van der Waals surface area (Å²) in [5.74, 6) is -1.40. The van der Waals surface area contributed by atoms with Gasteiger partial charge in [0.05, 0.1) is 6.10 Å². The number of nitrogens with zero attached hydrogens (tertiary/aromatic N) is 1. The van der Waals surface area contributed by atoms with Gasteiger partial charge in [0.2, 0.25) is 0 Å². The first-order chi connectivity index (χ1) is 10.5. The van der Waals surface area contributed by atoms with E-state index in [-0.39, 0.29) is 11.7 Å². The van der Waals surface area contributed by atoms with Crippen LogP contribution in [0.15, 0.2) is 42.5 Å². The van der Waals surface area contributed by atoms with Gasteiger partial charge in [-0.3, -0.25) is 4.79 Å². The maximum absolute atomic E-state index is 13.5. The Morgan fingerprint density at radius 2 is 1.82 bits per heavy atom. The molecule has 0 unspecified atom stereocenters. The van der Waals surface area contributed by atoms with Crippen LogP contribution >= 0.6 is 0 Å². The summed E-state index contributed by atoms with van der Waals surface area (Å²) >= 11 is 0. The second-order valence-corrected chi connectivity index (χ2v) is 5.07. The number of hydrogen-bond acceptors (Lipinski definition) is 3. The predicted molar refractivity (Wildman–Crippen MR) is 74.8 cm³/mol. The molecule has 4 nitrogen and oxygen atoms in total. The minimum absolute atomic E-state index is 0.0914. The van der Waals surface area contributed by atoms with Crippen LogP contribution in [0.3, 0.4) is 0 Å². The van der Waals surface area contributed by atoms with Crippen LogP contribution < -0.4 is 4.74 Å². The Bertz CT molecular complexity index is 697. The van der Waals surface area contributed by atoms with E-state index in [9.17, 15) is 18.7 Å². The third kappa shape index (κ3) is 2.92. The van der Waals surface area contributed by atoms with Crippen molar-refractivity contribution in [3.05, 3.63) is 59.7 Å². The average Bonchev–Trinajstić information content (AvgIpc) is 2.47. The fourth-order valence-corrected chi connectivity index (χ4v) is 2.15. The van der Waals surface area contributed by atoms with Crippen molar-refractivity contribution >= 4 is 5.91 Å². The summed E-state index contributed by atoms with van der Waals surface area (Å²) in [4.78, 5) is 13.5. The van der Waals surface area contributed by atoms with E-state index in [1.165, 1.54) is 23.1 Å². The molecule has 0 aromatic heterocycles. The normalized spacial score (nSPS) is 14.6. The fourth-order valence-electron chi connectivity index (χ4n) is 2.15. The lowest BCUT2D eigenvalue weighted by Gasteiger charge is -2.35. The first kappa shape index (κ1) is 14.5. The molecule has 1 fully saturated rings. The number of likely N-dealkylation sites (tertiary alicyclic amines) is 1. The number of β-amino-alcohol motifs (C(OH)–C–C–N with tert-alkyl or cyclic N) is 1. The van der Waals surface area contributed by atoms with Crippen molar-refractivity contribution in [2.45, 2.75) is 6.10 Å². The van der Waals surface area contributed by atoms with E-state index in [4.69, 9.17) is 4.74 Å². The van der Waals surface area contributed by atoms with Crippen molar-refractivity contribution in [3.63, 3.8) is 0 Å². The van der Waals surface area contributed by atoms with E-state index in [0.717, 1.165) is 12.1 Å². The highest BCUT2D eigenvalue weighted by Crippen LogP contribution is 2.25. The molecule has 0 saturated carbocycles. The molecule has 1 saturated heterocycles. The molecular weight excluding hydrogens is 292 g/mol. The Hall–Kier alpha value is -2.47. The van der Waals surface area contributed by atoms with E-state index in [1.54, 1.807) is 12.1 Å². The molecule has 6 heteroatoms. The maximum atomic E-state index is 13.5. The van der Waals surface area contributed by atoms with Crippen LogP contribution in [-0.4, -0.2) is 35.1 Å². The van der Waals surface area contributed by atoms with E-state index < -0.39 is 17.7 Å². The second kappa shape index (κ2) is 5.73. The summed E-state index contributed by atoms with van der Waals surface area (Å²) in [5.41, 5.74) is 0.457. The van der Waals surface area contributed by atoms with Gasteiger partial charge in [-0.25, -0.2) is 8.78 Å². The molecule has 3 rings (SSSR count). The molecule has 0 aliphatic carbocycles. The smallest absolute Gasteiger partial charge is 0.254 e. The fraction of sp³-hybridized carbons (Fsp3) is 0.188. The molecular formula is C16H13F2NO3. The largest absolute Gasteiger partial charge is 0.454 e. The number of aliphatic hydroxyl groups is 1. The van der Waals surface area contributed by atoms with Crippen LogP contribution in [-0.2, 0) is 0 Å². The molecule has 2 aromatic rings. The van der Waals surface area contributed by atoms with Crippen molar-refractivity contribution in [2.24, 2.45) is 0 Å². The zero-order valence-corrected chi connectivity index (χ0v) is 11.5. The van der Waals surface area contributed by atoms with Gasteiger partial charge in [0.25, 0.3) is 5.91 Å². The molecule has 2 aromatic carbocycles. The molecule has 0 bridgehead atoms. The molecule has 1 amide bonds. The highest BCUT2D eigenvalue weighted by atomic mass is 19.1. The number of amides is 1. The maximum Gasteiger partial charge on any atom is 0.254 e. The van der Waals surface area contributed by atoms with Gasteiger partial charge in [-0.1, -0.05) is 0 Å². The number of rotatable bonds is 3. The zero-order chi connectivity index (χ0) is 15.7. The summed E-state index contributed by atoms with van der Waals surface area (Å²) in [6.07, 6.45) is -0.451. The SMILES string of the molecule is O=C(c1ccc(Oc2ccc(F)cc2F)cc1)N1CC(O)C1. The number of ether oxygens (including phenoxy) is 1. The van der Waals surface area contributed by atoms with Crippen molar-refractivity contribution in [1.29, 1.82) is 0 Å². The summed E-state index contributed by atoms with van der Waals surface area (Å²) in [6.45, 7) is 0.662. The first-order valence-electron chi connectivity index (χ1n) is 6.73. The highest BCUT2D eigenvalue weighted by molar-refractivity contribution is 5.94. The van der Waals surface area contributed by atoms with Gasteiger partial charge in [0.1, 0.15) is 11.6 Å². The minimum atomic E-state index is -0.797. The van der Waals surface area contributed by atoms with Gasteiger partial charge < -0.3 is 14.7 Å². The molecule has 0 atom stereocenters. The lowest BCUT2D eigenvalue weighted by atomic mass is 10.1. The summed E-state index contributed by atoms with van der Waals surface area (Å²) in [7, 11) is 0. The quantitative estimate of drug-likeness (QED) is 0.948. The van der Waals surface area contributed by atoms with E-state index in [1.807, 2.05) is 0 Å². The molecule has 1 aliphatic rings. The van der Waals surface area contributed by atoms with E-state index in [2.05, 4.69) is 0 Å². The summed E-state index contributed by atoms with van der Waals surface area (Å²) in [5, 5.41) is 9.19. The van der Waals surface area contributed by atoms with Crippen molar-refractivity contribution in [3.8, 4) is 11.5 Å². The summed E-state index contributed by atoms with van der Waals surface area (Å²) < 4.78 is 31.6. The van der Waals surface area contributed by atoms with Crippen LogP contribution in [0, 0.1) is 11.6 Å². The third-order valence-corrected chi connectivity index (χ3v) is 3.37. The molecule has 1 N–H and O–H groups in total. The van der Waals surface area contributed by atoms with Gasteiger partial charge in [-0.15, -0.1) is 0 Å². The molecule has 1 heterocycles. The number of carbonyl (C=O) groups is 1. The lowest BCUT2D eigenvalue weighted by molar-refractivity contribution is 0.00589. The minimum Gasteiger partial charge on any atom is -0.454 e. The van der Waals surface area contributed by atoms with Crippen LogP contribution in [0.4, 0.5) is 8.78 Å². The van der Waals surface area contributed by atoms with Gasteiger partial charge in [0, 0.05) is 24.7 Å². The molecule has 22 heavy (non-hydrogen) atoms. The number of aliphatic hydroxyl groups excluding tert-OH is 1. The third-order valence-electron chi connectivity index (χ3n) is 3.37. The van der Waals surface area contributed by atoms with Crippen molar-refractivity contribution in [1.82, 2.24) is 4.90 Å². The van der Waals surface area contributed by atoms with Gasteiger partial charge >= 0.3 is 0 Å². The lowest BCUT2D eigenvalue weighted by Crippen LogP contribution is -2.53. The zero-order valence-electron chi connectivity index (χ0n) is 11.5. The summed E-state index contributed by atoms with van der Waals surface area (Å²) in [6, 6.07) is 9.23. The van der Waals surface area contributed by atoms with Crippen LogP contribution in [0.2, 0.25) is 0 Å². The van der Waals surface area contributed by atoms with Crippen LogP contribution in [0.5, 0.6) is 11.5 Å². The second-order valence-electron chi connectivity index (χ2n) is 5.07. The van der Waals surface area contributed by atoms with Crippen molar-refractivity contribution in [2.75, 3.05) is 13.1 Å². The standard InChI is InChI=1S/C16H13F2NO3/c17-11-3-6-15(14(18)7-11)22-13-4-1-10(2-5-13)16(21)19-8-12(20)9-19/h1-7,12,20H,8-9H2. The van der Waals surface area contributed by atoms with Crippen LogP contribution in [0.25, 0.3) is 0 Å². The predicted octanol–water partition coefficient (Wildman–Crippen LogP) is 2.57. The van der Waals surface area contributed by atoms with Gasteiger partial charge in [-0.2, -0.15) is 0 Å². The first-order valence-corrected chi connectivity index (χ1v) is 6.73. The monoisotopic (exact) mass is 305 g/mol. The molecule has 0 radical (unpaired) electrons. The topological polar surface area (TPSA) is 49.8 Å². The van der Waals surface area contributed by atoms with Crippen molar-refractivity contribution < 1.29 is 23.4 Å². The van der Waals surface area contributed by atoms with Gasteiger partial charge in [-0.05, 0) is 36.4 Å². The molecule has 0 spiro atoms. The van der Waals surface area contributed by atoms with Gasteiger partial charge in [0.15, 0.2) is 11.6 Å². The Morgan fingerprint density at radius 3 is 2.41 bits per heavy atom. The number of carbonyl (C=O) groups excluding carboxylic acids is 1. The highest BCUT2D eigenvalue weighted by Gasteiger charge is 2.29. The Balaban J connectivity index is 1.70. The number of halogens is 2. The van der Waals surface area contributed by atoms with E-state index in [0.29, 0.717) is 24.4 Å². The van der Waals surface area contributed by atoms with E-state index >= 15 is 0 Å². The molecule has 114 valence electrons. The Labute approximate surface area is 125 Å². The Morgan fingerprint density at radius 1 is 1.14 bits per heavy atom. The Kier molecular flexibility index (Phi) is 3.77. The molecule has 1 aliphatic heterocycles. The van der Waals surface area contributed by atoms with Crippen LogP contribution in [0.1, 0.15) is 10.4 Å².